The van der Waals surface area contributed by atoms with Crippen molar-refractivity contribution in [1.29, 1.82) is 0 Å². The molecule has 4 rings (SSSR count). The molecule has 0 spiro atoms. The predicted octanol–water partition coefficient (Wildman–Crippen LogP) is 4.42. The second kappa shape index (κ2) is 6.69. The van der Waals surface area contributed by atoms with Gasteiger partial charge in [-0.05, 0) is 30.5 Å². The van der Waals surface area contributed by atoms with Crippen molar-refractivity contribution in [2.24, 2.45) is 0 Å². The molecule has 0 saturated carbocycles. The molecule has 0 atom stereocenters. The number of para-hydroxylation sites is 1. The van der Waals surface area contributed by atoms with Gasteiger partial charge >= 0.3 is 10.2 Å². The topological polar surface area (TPSA) is 75.2 Å². The number of nitrogens with zero attached hydrogens (tertiary/aromatic N) is 3. The molecule has 0 aliphatic heterocycles. The second-order valence-corrected chi connectivity index (χ2v) is 10.1. The largest absolute Gasteiger partial charge is 0.325 e. The fourth-order valence-electron chi connectivity index (χ4n) is 2.44. The predicted molar refractivity (Wildman–Crippen MR) is 112 cm³/mol. The molecule has 0 fully saturated rings. The minimum Gasteiger partial charge on any atom is -0.257 e. The van der Waals surface area contributed by atoms with Gasteiger partial charge in [-0.2, -0.15) is 8.42 Å². The van der Waals surface area contributed by atoms with Gasteiger partial charge in [0.25, 0.3) is 0 Å². The van der Waals surface area contributed by atoms with Crippen molar-refractivity contribution in [1.82, 2.24) is 9.97 Å². The molecule has 10 heteroatoms. The van der Waals surface area contributed by atoms with E-state index in [4.69, 9.17) is 0 Å². The zero-order valence-electron chi connectivity index (χ0n) is 13.8. The van der Waals surface area contributed by atoms with Crippen molar-refractivity contribution < 1.29 is 8.42 Å². The Morgan fingerprint density at radius 2 is 1.65 bits per heavy atom. The zero-order valence-corrected chi connectivity index (χ0v) is 17.1. The highest BCUT2D eigenvalue weighted by Crippen LogP contribution is 2.38. The van der Waals surface area contributed by atoms with Crippen molar-refractivity contribution in [3.8, 4) is 0 Å². The van der Waals surface area contributed by atoms with E-state index >= 15 is 0 Å². The summed E-state index contributed by atoms with van der Waals surface area (Å²) in [6.45, 7) is 0. The number of anilines is 2. The SMILES string of the molecule is CSc1nc2ccc3nc(NS(=O)(=O)N(C)c4ccccc4)sc3c2s1. The number of rotatable bonds is 5. The van der Waals surface area contributed by atoms with Crippen LogP contribution < -0.4 is 9.03 Å². The lowest BCUT2D eigenvalue weighted by atomic mass is 10.3. The number of hydrogen-bond donors (Lipinski definition) is 1. The van der Waals surface area contributed by atoms with Gasteiger partial charge in [0.1, 0.15) is 0 Å². The molecule has 0 amide bonds. The number of fused-ring (bicyclic) bond motifs is 3. The first-order valence-corrected chi connectivity index (χ1v) is 11.8. The normalized spacial score (nSPS) is 11.9. The Labute approximate surface area is 163 Å². The number of benzene rings is 2. The number of thioether (sulfide) groups is 1. The molecule has 4 aromatic rings. The standard InChI is InChI=1S/C16H14N4O2S4/c1-20(10-6-4-3-5-7-10)26(21,22)19-15-17-11-8-9-12-14(13(11)24-15)25-16(18-12)23-2/h3-9H,1-2H3,(H,17,19). The van der Waals surface area contributed by atoms with Crippen LogP contribution in [0.2, 0.25) is 0 Å². The molecule has 2 aromatic carbocycles. The summed E-state index contributed by atoms with van der Waals surface area (Å²) in [6.07, 6.45) is 1.99. The van der Waals surface area contributed by atoms with Gasteiger partial charge in [0.05, 0.1) is 26.1 Å². The van der Waals surface area contributed by atoms with Crippen LogP contribution in [0.4, 0.5) is 10.8 Å². The van der Waals surface area contributed by atoms with E-state index in [1.165, 1.54) is 22.7 Å². The Morgan fingerprint density at radius 3 is 2.35 bits per heavy atom. The summed E-state index contributed by atoms with van der Waals surface area (Å²) in [4.78, 5) is 8.98. The summed E-state index contributed by atoms with van der Waals surface area (Å²) in [7, 11) is -2.24. The fraction of sp³-hybridized carbons (Fsp3) is 0.125. The molecule has 0 bridgehead atoms. The summed E-state index contributed by atoms with van der Waals surface area (Å²) in [5.41, 5.74) is 2.25. The molecule has 0 unspecified atom stereocenters. The molecule has 0 radical (unpaired) electrons. The van der Waals surface area contributed by atoms with E-state index in [0.717, 1.165) is 24.8 Å². The van der Waals surface area contributed by atoms with Gasteiger partial charge in [-0.3, -0.25) is 4.31 Å². The maximum absolute atomic E-state index is 12.7. The summed E-state index contributed by atoms with van der Waals surface area (Å²) in [6, 6.07) is 12.7. The van der Waals surface area contributed by atoms with Crippen LogP contribution in [-0.2, 0) is 10.2 Å². The smallest absolute Gasteiger partial charge is 0.257 e. The van der Waals surface area contributed by atoms with Gasteiger partial charge in [-0.1, -0.05) is 41.3 Å². The molecule has 2 aromatic heterocycles. The van der Waals surface area contributed by atoms with Crippen molar-refractivity contribution in [2.45, 2.75) is 4.34 Å². The van der Waals surface area contributed by atoms with E-state index in [2.05, 4.69) is 14.7 Å². The third-order valence-corrected chi connectivity index (χ3v) is 8.48. The number of hydrogen-bond acceptors (Lipinski definition) is 7. The monoisotopic (exact) mass is 422 g/mol. The maximum Gasteiger partial charge on any atom is 0.325 e. The molecule has 2 heterocycles. The number of thiazole rings is 2. The third-order valence-electron chi connectivity index (χ3n) is 3.76. The quantitative estimate of drug-likeness (QED) is 0.482. The lowest BCUT2D eigenvalue weighted by Gasteiger charge is -2.19. The Hall–Kier alpha value is -1.88. The van der Waals surface area contributed by atoms with Gasteiger partial charge < -0.3 is 0 Å². The Balaban J connectivity index is 1.70. The second-order valence-electron chi connectivity index (χ2n) is 5.38. The van der Waals surface area contributed by atoms with Gasteiger partial charge in [-0.25, -0.2) is 14.7 Å². The first kappa shape index (κ1) is 17.5. The minimum atomic E-state index is -3.75. The molecular weight excluding hydrogens is 408 g/mol. The fourth-order valence-corrected chi connectivity index (χ4v) is 6.23. The van der Waals surface area contributed by atoms with Crippen LogP contribution in [0, 0.1) is 0 Å². The summed E-state index contributed by atoms with van der Waals surface area (Å²) in [5, 5.41) is 0.342. The first-order valence-electron chi connectivity index (χ1n) is 7.54. The van der Waals surface area contributed by atoms with Crippen LogP contribution in [0.3, 0.4) is 0 Å². The molecular formula is C16H14N4O2S4. The van der Waals surface area contributed by atoms with Crippen molar-refractivity contribution in [3.63, 3.8) is 0 Å². The molecule has 26 heavy (non-hydrogen) atoms. The number of aromatic nitrogens is 2. The van der Waals surface area contributed by atoms with Crippen LogP contribution in [0.15, 0.2) is 46.8 Å². The first-order chi connectivity index (χ1) is 12.5. The van der Waals surface area contributed by atoms with E-state index < -0.39 is 10.2 Å². The Bertz CT molecular complexity index is 1190. The van der Waals surface area contributed by atoms with Gasteiger partial charge in [0, 0.05) is 7.05 Å². The van der Waals surface area contributed by atoms with E-state index in [1.54, 1.807) is 47.4 Å². The van der Waals surface area contributed by atoms with E-state index in [9.17, 15) is 8.42 Å². The average molecular weight is 423 g/mol. The van der Waals surface area contributed by atoms with Crippen LogP contribution in [-0.4, -0.2) is 31.7 Å². The summed E-state index contributed by atoms with van der Waals surface area (Å²) in [5.74, 6) is 0. The lowest BCUT2D eigenvalue weighted by Crippen LogP contribution is -2.32. The third kappa shape index (κ3) is 3.13. The number of nitrogens with one attached hydrogen (secondary N) is 1. The van der Waals surface area contributed by atoms with E-state index in [-0.39, 0.29) is 0 Å². The van der Waals surface area contributed by atoms with Gasteiger partial charge in [0.2, 0.25) is 0 Å². The van der Waals surface area contributed by atoms with Crippen molar-refractivity contribution in [3.05, 3.63) is 42.5 Å². The summed E-state index contributed by atoms with van der Waals surface area (Å²) < 4.78 is 32.1. The highest BCUT2D eigenvalue weighted by atomic mass is 32.2. The molecule has 134 valence electrons. The molecule has 6 nitrogen and oxygen atoms in total. The molecule has 0 aliphatic carbocycles. The molecule has 0 aliphatic rings. The molecule has 1 N–H and O–H groups in total. The van der Waals surface area contributed by atoms with Crippen LogP contribution in [0.25, 0.3) is 20.4 Å². The summed E-state index contributed by atoms with van der Waals surface area (Å²) >= 11 is 4.51. The minimum absolute atomic E-state index is 0.342. The Kier molecular flexibility index (Phi) is 4.51. The van der Waals surface area contributed by atoms with Crippen LogP contribution >= 0.6 is 34.4 Å². The van der Waals surface area contributed by atoms with Crippen molar-refractivity contribution >= 4 is 75.9 Å². The zero-order chi connectivity index (χ0) is 18.3. The van der Waals surface area contributed by atoms with Crippen molar-refractivity contribution in [2.75, 3.05) is 22.3 Å². The lowest BCUT2D eigenvalue weighted by molar-refractivity contribution is 0.599. The van der Waals surface area contributed by atoms with Gasteiger partial charge in [-0.15, -0.1) is 11.3 Å². The average Bonchev–Trinajstić information content (AvgIpc) is 3.24. The van der Waals surface area contributed by atoms with E-state index in [0.29, 0.717) is 10.8 Å². The Morgan fingerprint density at radius 1 is 1.00 bits per heavy atom. The maximum atomic E-state index is 12.7. The van der Waals surface area contributed by atoms with Crippen LogP contribution in [0.5, 0.6) is 0 Å². The molecule has 0 saturated heterocycles. The highest BCUT2D eigenvalue weighted by molar-refractivity contribution is 8.00. The van der Waals surface area contributed by atoms with Gasteiger partial charge in [0.15, 0.2) is 9.47 Å². The van der Waals surface area contributed by atoms with Crippen LogP contribution in [0.1, 0.15) is 0 Å². The van der Waals surface area contributed by atoms with E-state index in [1.807, 2.05) is 24.5 Å². The highest BCUT2D eigenvalue weighted by Gasteiger charge is 2.21.